The molecule has 1 aliphatic rings. The van der Waals surface area contributed by atoms with Crippen LogP contribution in [-0.4, -0.2) is 15.2 Å². The summed E-state index contributed by atoms with van der Waals surface area (Å²) in [5, 5.41) is 5.72. The van der Waals surface area contributed by atoms with E-state index >= 15 is 0 Å². The molecule has 0 bridgehead atoms. The van der Waals surface area contributed by atoms with Gasteiger partial charge in [0.05, 0.1) is 0 Å². The Morgan fingerprint density at radius 3 is 2.71 bits per heavy atom. The van der Waals surface area contributed by atoms with Gasteiger partial charge in [0, 0.05) is 5.56 Å². The second kappa shape index (κ2) is 5.51. The van der Waals surface area contributed by atoms with E-state index in [1.807, 2.05) is 42.5 Å². The van der Waals surface area contributed by atoms with E-state index in [1.165, 1.54) is 0 Å². The van der Waals surface area contributed by atoms with Crippen LogP contribution in [0.2, 0.25) is 0 Å². The van der Waals surface area contributed by atoms with E-state index in [0.717, 1.165) is 16.9 Å². The number of benzene rings is 1. The maximum absolute atomic E-state index is 11.6. The number of nitrogens with two attached hydrogens (primary N) is 1. The first-order valence-corrected chi connectivity index (χ1v) is 8.57. The molecule has 7 heteroatoms. The Morgan fingerprint density at radius 2 is 2.00 bits per heavy atom. The summed E-state index contributed by atoms with van der Waals surface area (Å²) in [4.78, 5) is 0. The van der Waals surface area contributed by atoms with E-state index in [1.54, 1.807) is 0 Å². The Kier molecular flexibility index (Phi) is 3.71. The van der Waals surface area contributed by atoms with Gasteiger partial charge in [0.15, 0.2) is 5.75 Å². The van der Waals surface area contributed by atoms with Gasteiger partial charge in [-0.3, -0.25) is 0 Å². The van der Waals surface area contributed by atoms with E-state index < -0.39 is 10.0 Å². The standard InChI is InChI=1S/C14H13NO4S2/c15-21(16,17)14-11(12-13(20-14)19-9-18-12)8-4-7-10-5-2-1-3-6-10/h1-7H,8-9H2,(H2,15,16,17). The van der Waals surface area contributed by atoms with Crippen LogP contribution in [0.1, 0.15) is 11.1 Å². The first-order chi connectivity index (χ1) is 10.1. The number of fused-ring (bicyclic) bond motifs is 1. The summed E-state index contributed by atoms with van der Waals surface area (Å²) < 4.78 is 34.0. The second-order valence-corrected chi connectivity index (χ2v) is 7.19. The van der Waals surface area contributed by atoms with Crippen molar-refractivity contribution < 1.29 is 17.9 Å². The fourth-order valence-electron chi connectivity index (χ4n) is 2.07. The molecule has 2 heterocycles. The zero-order chi connectivity index (χ0) is 14.9. The highest BCUT2D eigenvalue weighted by Crippen LogP contribution is 2.47. The van der Waals surface area contributed by atoms with Gasteiger partial charge >= 0.3 is 0 Å². The van der Waals surface area contributed by atoms with Crippen LogP contribution < -0.4 is 14.6 Å². The first kappa shape index (κ1) is 14.1. The number of hydrogen-bond donors (Lipinski definition) is 1. The molecule has 0 spiro atoms. The summed E-state index contributed by atoms with van der Waals surface area (Å²) in [6, 6.07) is 9.75. The normalized spacial score (nSPS) is 14.0. The predicted octanol–water partition coefficient (Wildman–Crippen LogP) is 2.38. The fourth-order valence-corrected chi connectivity index (χ4v) is 4.13. The lowest BCUT2D eigenvalue weighted by molar-refractivity contribution is 0.174. The van der Waals surface area contributed by atoms with Crippen molar-refractivity contribution >= 4 is 27.4 Å². The molecule has 3 rings (SSSR count). The Bertz CT molecular complexity index is 779. The average molecular weight is 323 g/mol. The van der Waals surface area contributed by atoms with Gasteiger partial charge in [-0.1, -0.05) is 53.8 Å². The smallest absolute Gasteiger partial charge is 0.248 e. The summed E-state index contributed by atoms with van der Waals surface area (Å²) in [5.41, 5.74) is 1.60. The van der Waals surface area contributed by atoms with Crippen LogP contribution in [0.4, 0.5) is 0 Å². The zero-order valence-corrected chi connectivity index (χ0v) is 12.6. The van der Waals surface area contributed by atoms with Crippen LogP contribution in [0.15, 0.2) is 40.6 Å². The van der Waals surface area contributed by atoms with Gasteiger partial charge in [0.2, 0.25) is 21.9 Å². The molecule has 0 radical (unpaired) electrons. The van der Waals surface area contributed by atoms with Gasteiger partial charge in [-0.05, 0) is 12.0 Å². The van der Waals surface area contributed by atoms with Crippen molar-refractivity contribution in [3.63, 3.8) is 0 Å². The van der Waals surface area contributed by atoms with Crippen molar-refractivity contribution in [1.82, 2.24) is 0 Å². The molecule has 1 aliphatic heterocycles. The van der Waals surface area contributed by atoms with Gasteiger partial charge in [0.1, 0.15) is 4.21 Å². The van der Waals surface area contributed by atoms with Gasteiger partial charge < -0.3 is 9.47 Å². The Morgan fingerprint density at radius 1 is 1.24 bits per heavy atom. The van der Waals surface area contributed by atoms with Crippen LogP contribution in [0.5, 0.6) is 10.8 Å². The van der Waals surface area contributed by atoms with Crippen molar-refractivity contribution in [1.29, 1.82) is 0 Å². The van der Waals surface area contributed by atoms with Crippen molar-refractivity contribution in [2.75, 3.05) is 6.79 Å². The monoisotopic (exact) mass is 323 g/mol. The summed E-state index contributed by atoms with van der Waals surface area (Å²) >= 11 is 1.01. The quantitative estimate of drug-likeness (QED) is 0.937. The second-order valence-electron chi connectivity index (χ2n) is 4.45. The number of hydrogen-bond acceptors (Lipinski definition) is 5. The Hall–Kier alpha value is -1.83. The van der Waals surface area contributed by atoms with Crippen molar-refractivity contribution in [3.8, 4) is 10.8 Å². The topological polar surface area (TPSA) is 78.6 Å². The molecule has 5 nitrogen and oxygen atoms in total. The van der Waals surface area contributed by atoms with Gasteiger partial charge in [-0.25, -0.2) is 13.6 Å². The molecule has 1 aromatic carbocycles. The highest BCUT2D eigenvalue weighted by Gasteiger charge is 2.29. The van der Waals surface area contributed by atoms with Crippen molar-refractivity contribution in [2.45, 2.75) is 10.6 Å². The minimum Gasteiger partial charge on any atom is -0.452 e. The lowest BCUT2D eigenvalue weighted by atomic mass is 10.1. The van der Waals surface area contributed by atoms with Gasteiger partial charge in [-0.15, -0.1) is 0 Å². The number of primary sulfonamides is 1. The molecule has 110 valence electrons. The number of ether oxygens (including phenoxy) is 2. The largest absolute Gasteiger partial charge is 0.452 e. The third kappa shape index (κ3) is 2.94. The van der Waals surface area contributed by atoms with E-state index in [-0.39, 0.29) is 11.0 Å². The van der Waals surface area contributed by atoms with Crippen LogP contribution in [0.3, 0.4) is 0 Å². The zero-order valence-electron chi connectivity index (χ0n) is 11.0. The molecular weight excluding hydrogens is 310 g/mol. The SMILES string of the molecule is NS(=O)(=O)c1sc2c(c1CC=Cc1ccccc1)OCO2. The molecule has 0 saturated carbocycles. The van der Waals surface area contributed by atoms with E-state index in [0.29, 0.717) is 22.8 Å². The van der Waals surface area contributed by atoms with E-state index in [4.69, 9.17) is 14.6 Å². The van der Waals surface area contributed by atoms with Crippen LogP contribution in [0.25, 0.3) is 6.08 Å². The molecule has 0 fully saturated rings. The lowest BCUT2D eigenvalue weighted by Crippen LogP contribution is -2.12. The van der Waals surface area contributed by atoms with Crippen molar-refractivity contribution in [3.05, 3.63) is 47.5 Å². The number of rotatable bonds is 4. The van der Waals surface area contributed by atoms with Gasteiger partial charge in [-0.2, -0.15) is 0 Å². The van der Waals surface area contributed by atoms with Crippen LogP contribution in [0, 0.1) is 0 Å². The molecule has 2 N–H and O–H groups in total. The Balaban J connectivity index is 1.90. The molecule has 0 atom stereocenters. The maximum Gasteiger partial charge on any atom is 0.248 e. The minimum absolute atomic E-state index is 0.102. The highest BCUT2D eigenvalue weighted by molar-refractivity contribution is 7.91. The molecule has 21 heavy (non-hydrogen) atoms. The predicted molar refractivity (Wildman–Crippen MR) is 81.0 cm³/mol. The molecule has 0 amide bonds. The molecule has 0 unspecified atom stereocenters. The Labute approximate surface area is 126 Å². The number of sulfonamides is 1. The van der Waals surface area contributed by atoms with Crippen LogP contribution in [-0.2, 0) is 16.4 Å². The highest BCUT2D eigenvalue weighted by atomic mass is 32.2. The van der Waals surface area contributed by atoms with E-state index in [2.05, 4.69) is 0 Å². The third-order valence-corrected chi connectivity index (χ3v) is 5.61. The fraction of sp³-hybridized carbons (Fsp3) is 0.143. The molecule has 0 aliphatic carbocycles. The van der Waals surface area contributed by atoms with E-state index in [9.17, 15) is 8.42 Å². The average Bonchev–Trinajstić information content (AvgIpc) is 3.01. The molecule has 0 saturated heterocycles. The molecular formula is C14H13NO4S2. The summed E-state index contributed by atoms with van der Waals surface area (Å²) in [6.07, 6.45) is 4.22. The molecule has 1 aromatic heterocycles. The number of thiophene rings is 1. The number of allylic oxidation sites excluding steroid dienone is 1. The summed E-state index contributed by atoms with van der Waals surface area (Å²) in [7, 11) is -3.78. The van der Waals surface area contributed by atoms with Crippen LogP contribution >= 0.6 is 11.3 Å². The van der Waals surface area contributed by atoms with Gasteiger partial charge in [0.25, 0.3) is 0 Å². The third-order valence-electron chi connectivity index (χ3n) is 2.97. The lowest BCUT2D eigenvalue weighted by Gasteiger charge is -2.01. The molecule has 2 aromatic rings. The first-order valence-electron chi connectivity index (χ1n) is 6.21. The minimum atomic E-state index is -3.78. The van der Waals surface area contributed by atoms with Crippen molar-refractivity contribution in [2.24, 2.45) is 5.14 Å². The summed E-state index contributed by atoms with van der Waals surface area (Å²) in [5.74, 6) is 0.488. The maximum atomic E-state index is 11.6. The summed E-state index contributed by atoms with van der Waals surface area (Å²) in [6.45, 7) is 0.113.